The number of amides is 1. The number of ether oxygens (including phenoxy) is 1. The molecule has 176 valence electrons. The first-order valence-corrected chi connectivity index (χ1v) is 11.2. The molecule has 0 unspecified atom stereocenters. The molecule has 2 heterocycles. The van der Waals surface area contributed by atoms with Crippen LogP contribution in [0.4, 0.5) is 11.5 Å². The number of rotatable bonds is 10. The van der Waals surface area contributed by atoms with Gasteiger partial charge in [-0.05, 0) is 18.1 Å². The number of nitrogens with one attached hydrogen (secondary N) is 1. The molecule has 0 aliphatic carbocycles. The van der Waals surface area contributed by atoms with Crippen LogP contribution in [0.25, 0.3) is 0 Å². The number of pyridine rings is 1. The number of H-pyrrole nitrogens is 1. The van der Waals surface area contributed by atoms with Gasteiger partial charge in [0.2, 0.25) is 15.9 Å². The van der Waals surface area contributed by atoms with Gasteiger partial charge in [0.15, 0.2) is 5.69 Å². The van der Waals surface area contributed by atoms with Gasteiger partial charge in [0, 0.05) is 39.6 Å². The lowest BCUT2D eigenvalue weighted by Gasteiger charge is -2.26. The van der Waals surface area contributed by atoms with Crippen molar-refractivity contribution in [1.82, 2.24) is 18.8 Å². The third kappa shape index (κ3) is 5.60. The average Bonchev–Trinajstić information content (AvgIpc) is 2.73. The summed E-state index contributed by atoms with van der Waals surface area (Å²) in [5.41, 5.74) is 4.34. The topological polar surface area (TPSA) is 161 Å². The highest BCUT2D eigenvalue weighted by molar-refractivity contribution is 7.89. The number of aromatic nitrogens is 3. The number of carbonyl (C=O) groups excluding carboxylic acids is 1. The first-order chi connectivity index (χ1) is 15.0. The van der Waals surface area contributed by atoms with E-state index >= 15 is 0 Å². The number of nitrogens with zero attached hydrogens (tertiary/aromatic N) is 4. The smallest absolute Gasteiger partial charge is 0.330 e. The molecule has 0 aliphatic rings. The summed E-state index contributed by atoms with van der Waals surface area (Å²) in [5, 5.41) is 0. The summed E-state index contributed by atoms with van der Waals surface area (Å²) >= 11 is 0. The van der Waals surface area contributed by atoms with Crippen molar-refractivity contribution in [1.29, 1.82) is 0 Å². The lowest BCUT2D eigenvalue weighted by atomic mass is 10.2. The molecule has 12 nitrogen and oxygen atoms in total. The molecule has 13 heteroatoms. The molecule has 0 spiro atoms. The Balaban J connectivity index is 2.45. The fraction of sp³-hybridized carbons (Fsp3) is 0.474. The molecule has 0 saturated carbocycles. The maximum absolute atomic E-state index is 13.1. The summed E-state index contributed by atoms with van der Waals surface area (Å²) in [6.45, 7) is 3.33. The summed E-state index contributed by atoms with van der Waals surface area (Å²) in [6.07, 6.45) is 2.60. The van der Waals surface area contributed by atoms with Gasteiger partial charge in [-0.1, -0.05) is 13.8 Å². The van der Waals surface area contributed by atoms with E-state index in [0.29, 0.717) is 0 Å². The summed E-state index contributed by atoms with van der Waals surface area (Å²) in [7, 11) is -1.35. The molecule has 2 aromatic rings. The predicted molar refractivity (Wildman–Crippen MR) is 119 cm³/mol. The minimum Gasteiger partial charge on any atom is -0.383 e. The Labute approximate surface area is 185 Å². The highest BCUT2D eigenvalue weighted by Crippen LogP contribution is 2.19. The third-order valence-electron chi connectivity index (χ3n) is 4.55. The van der Waals surface area contributed by atoms with Gasteiger partial charge in [-0.15, -0.1) is 0 Å². The number of hydrogen-bond acceptors (Lipinski definition) is 8. The zero-order valence-electron chi connectivity index (χ0n) is 18.4. The molecular weight excluding hydrogens is 440 g/mol. The van der Waals surface area contributed by atoms with E-state index in [1.54, 1.807) is 0 Å². The van der Waals surface area contributed by atoms with Crippen LogP contribution in [0.15, 0.2) is 39.0 Å². The van der Waals surface area contributed by atoms with Gasteiger partial charge < -0.3 is 15.4 Å². The van der Waals surface area contributed by atoms with Crippen molar-refractivity contribution in [2.45, 2.75) is 25.3 Å². The second-order valence-corrected chi connectivity index (χ2v) is 9.53. The van der Waals surface area contributed by atoms with Crippen molar-refractivity contribution in [3.63, 3.8) is 0 Å². The van der Waals surface area contributed by atoms with Crippen LogP contribution in [0.5, 0.6) is 0 Å². The van der Waals surface area contributed by atoms with Crippen LogP contribution in [-0.2, 0) is 26.1 Å². The molecule has 0 bridgehead atoms. The second kappa shape index (κ2) is 10.5. The quantitative estimate of drug-likeness (QED) is 0.470. The highest BCUT2D eigenvalue weighted by Gasteiger charge is 2.29. The molecule has 0 aromatic carbocycles. The third-order valence-corrected chi connectivity index (χ3v) is 6.34. The van der Waals surface area contributed by atoms with Crippen molar-refractivity contribution in [3.05, 3.63) is 45.4 Å². The van der Waals surface area contributed by atoms with Crippen LogP contribution in [0.2, 0.25) is 0 Å². The SMILES string of the molecule is COCCN(C(=O)CN(C)S(=O)(=O)c1cccnc1)c1c(N)n(CC(C)C)c(=O)[nH]c1=O. The number of carbonyl (C=O) groups is 1. The minimum absolute atomic E-state index is 0.0348. The number of aromatic amines is 1. The van der Waals surface area contributed by atoms with Crippen molar-refractivity contribution in [3.8, 4) is 0 Å². The van der Waals surface area contributed by atoms with Crippen LogP contribution in [0.1, 0.15) is 13.8 Å². The largest absolute Gasteiger partial charge is 0.383 e. The maximum Gasteiger partial charge on any atom is 0.330 e. The Morgan fingerprint density at radius 1 is 1.34 bits per heavy atom. The Hall–Kier alpha value is -3.03. The van der Waals surface area contributed by atoms with E-state index in [2.05, 4.69) is 9.97 Å². The lowest BCUT2D eigenvalue weighted by molar-refractivity contribution is -0.118. The Morgan fingerprint density at radius 3 is 2.59 bits per heavy atom. The molecule has 2 aromatic heterocycles. The molecule has 2 rings (SSSR count). The lowest BCUT2D eigenvalue weighted by Crippen LogP contribution is -2.46. The van der Waals surface area contributed by atoms with Gasteiger partial charge >= 0.3 is 5.69 Å². The van der Waals surface area contributed by atoms with Gasteiger partial charge in [0.05, 0.1) is 13.2 Å². The molecule has 0 aliphatic heterocycles. The summed E-state index contributed by atoms with van der Waals surface area (Å²) in [4.78, 5) is 44.8. The minimum atomic E-state index is -4.00. The van der Waals surface area contributed by atoms with Gasteiger partial charge in [-0.2, -0.15) is 4.31 Å². The van der Waals surface area contributed by atoms with E-state index in [4.69, 9.17) is 10.5 Å². The van der Waals surface area contributed by atoms with Crippen molar-refractivity contribution in [2.24, 2.45) is 5.92 Å². The van der Waals surface area contributed by atoms with Crippen molar-refractivity contribution in [2.75, 3.05) is 44.5 Å². The number of nitrogens with two attached hydrogens (primary N) is 1. The zero-order chi connectivity index (χ0) is 24.1. The normalized spacial score (nSPS) is 11.8. The van der Waals surface area contributed by atoms with Crippen LogP contribution < -0.4 is 21.9 Å². The number of sulfonamides is 1. The van der Waals surface area contributed by atoms with E-state index in [-0.39, 0.29) is 42.0 Å². The van der Waals surface area contributed by atoms with E-state index in [9.17, 15) is 22.8 Å². The number of nitrogen functional groups attached to an aromatic ring is 1. The standard InChI is InChI=1S/C19H28N6O6S/c1-13(2)11-25-17(20)16(18(27)22-19(25)28)24(8-9-31-4)15(26)12-23(3)32(29,30)14-6-5-7-21-10-14/h5-7,10,13H,8-9,11-12,20H2,1-4H3,(H,22,27,28). The molecule has 0 radical (unpaired) electrons. The number of hydrogen-bond donors (Lipinski definition) is 2. The molecule has 0 atom stereocenters. The number of likely N-dealkylation sites (N-methyl/N-ethyl adjacent to an activating group) is 1. The van der Waals surface area contributed by atoms with Crippen LogP contribution in [-0.4, -0.2) is 67.0 Å². The zero-order valence-corrected chi connectivity index (χ0v) is 19.3. The van der Waals surface area contributed by atoms with Crippen LogP contribution in [0, 0.1) is 5.92 Å². The average molecular weight is 469 g/mol. The highest BCUT2D eigenvalue weighted by atomic mass is 32.2. The molecular formula is C19H28N6O6S. The maximum atomic E-state index is 13.1. The summed E-state index contributed by atoms with van der Waals surface area (Å²) in [5.74, 6) is -0.869. The van der Waals surface area contributed by atoms with Crippen LogP contribution in [0.3, 0.4) is 0 Å². The first kappa shape index (κ1) is 25.2. The second-order valence-electron chi connectivity index (χ2n) is 7.49. The molecule has 3 N–H and O–H groups in total. The van der Waals surface area contributed by atoms with E-state index in [0.717, 1.165) is 9.21 Å². The van der Waals surface area contributed by atoms with Crippen molar-refractivity contribution >= 4 is 27.4 Å². The summed E-state index contributed by atoms with van der Waals surface area (Å²) < 4.78 is 32.5. The molecule has 32 heavy (non-hydrogen) atoms. The van der Waals surface area contributed by atoms with Crippen molar-refractivity contribution < 1.29 is 17.9 Å². The monoisotopic (exact) mass is 468 g/mol. The van der Waals surface area contributed by atoms with E-state index < -0.39 is 33.7 Å². The van der Waals surface area contributed by atoms with Gasteiger partial charge in [0.25, 0.3) is 5.56 Å². The first-order valence-electron chi connectivity index (χ1n) is 9.79. The molecule has 0 fully saturated rings. The molecule has 1 amide bonds. The predicted octanol–water partition coefficient (Wildman–Crippen LogP) is -0.530. The number of anilines is 2. The fourth-order valence-electron chi connectivity index (χ4n) is 2.97. The Bertz CT molecular complexity index is 1160. The Kier molecular flexibility index (Phi) is 8.30. The van der Waals surface area contributed by atoms with Gasteiger partial charge in [0.1, 0.15) is 10.7 Å². The van der Waals surface area contributed by atoms with Gasteiger partial charge in [-0.3, -0.25) is 24.1 Å². The van der Waals surface area contributed by atoms with E-state index in [1.807, 2.05) is 13.8 Å². The fourth-order valence-corrected chi connectivity index (χ4v) is 4.05. The molecule has 0 saturated heterocycles. The van der Waals surface area contributed by atoms with E-state index in [1.165, 1.54) is 43.3 Å². The Morgan fingerprint density at radius 2 is 2.03 bits per heavy atom. The van der Waals surface area contributed by atoms with Crippen LogP contribution >= 0.6 is 0 Å². The van der Waals surface area contributed by atoms with Gasteiger partial charge in [-0.25, -0.2) is 13.2 Å². The number of methoxy groups -OCH3 is 1. The summed E-state index contributed by atoms with van der Waals surface area (Å²) in [6, 6.07) is 2.82.